The number of piperidine rings is 1. The zero-order valence-corrected chi connectivity index (χ0v) is 24.5. The number of carbonyl (C=O) groups is 2. The molecule has 11 nitrogen and oxygen atoms in total. The van der Waals surface area contributed by atoms with Gasteiger partial charge < -0.3 is 19.5 Å². The molecule has 3 aromatic rings. The number of nitriles is 1. The molecule has 42 heavy (non-hydrogen) atoms. The predicted octanol–water partition coefficient (Wildman–Crippen LogP) is 4.29. The van der Waals surface area contributed by atoms with Crippen molar-refractivity contribution >= 4 is 12.0 Å². The lowest BCUT2D eigenvalue weighted by molar-refractivity contribution is -0.128. The highest BCUT2D eigenvalue weighted by Crippen LogP contribution is 2.43. The molecule has 0 unspecified atom stereocenters. The summed E-state index contributed by atoms with van der Waals surface area (Å²) >= 11 is 0. The maximum atomic E-state index is 13.4. The van der Waals surface area contributed by atoms with Crippen LogP contribution < -0.4 is 14.8 Å². The highest BCUT2D eigenvalue weighted by Gasteiger charge is 2.52. The zero-order chi connectivity index (χ0) is 30.0. The molecular formula is C31H36N6O5. The van der Waals surface area contributed by atoms with E-state index < -0.39 is 23.8 Å². The maximum Gasteiger partial charge on any atom is 0.411 e. The fourth-order valence-corrected chi connectivity index (χ4v) is 5.83. The molecule has 1 saturated heterocycles. The summed E-state index contributed by atoms with van der Waals surface area (Å²) < 4.78 is 18.0. The van der Waals surface area contributed by atoms with Gasteiger partial charge in [-0.25, -0.2) is 9.48 Å². The minimum atomic E-state index is -0.744. The molecule has 2 bridgehead atoms. The second-order valence-corrected chi connectivity index (χ2v) is 11.7. The predicted molar refractivity (Wildman–Crippen MR) is 154 cm³/mol. The van der Waals surface area contributed by atoms with Gasteiger partial charge in [-0.05, 0) is 81.8 Å². The summed E-state index contributed by atoms with van der Waals surface area (Å²) in [6, 6.07) is 14.0. The van der Waals surface area contributed by atoms with Gasteiger partial charge in [0.15, 0.2) is 11.5 Å². The Kier molecular flexibility index (Phi) is 8.07. The average Bonchev–Trinajstić information content (AvgIpc) is 3.73. The molecule has 2 fully saturated rings. The molecule has 2 amide bonds. The first-order valence-corrected chi connectivity index (χ1v) is 14.1. The van der Waals surface area contributed by atoms with E-state index in [2.05, 4.69) is 21.7 Å². The second-order valence-electron chi connectivity index (χ2n) is 11.7. The third-order valence-electron chi connectivity index (χ3n) is 7.74. The summed E-state index contributed by atoms with van der Waals surface area (Å²) in [4.78, 5) is 27.9. The Hall–Kier alpha value is -4.59. The van der Waals surface area contributed by atoms with Crippen LogP contribution in [-0.2, 0) is 16.0 Å². The van der Waals surface area contributed by atoms with E-state index in [0.717, 1.165) is 36.1 Å². The summed E-state index contributed by atoms with van der Waals surface area (Å²) in [5, 5.41) is 21.3. The van der Waals surface area contributed by atoms with Crippen LogP contribution in [-0.4, -0.2) is 69.8 Å². The number of fused-ring (bicyclic) bond motifs is 2. The van der Waals surface area contributed by atoms with E-state index in [1.165, 1.54) is 0 Å². The normalized spacial score (nSPS) is 20.1. The summed E-state index contributed by atoms with van der Waals surface area (Å²) in [6.07, 6.45) is 4.21. The largest absolute Gasteiger partial charge is 0.493 e. The number of carbonyl (C=O) groups excluding carboxylic acids is 2. The number of hydrogen-bond acceptors (Lipinski definition) is 8. The number of ether oxygens (including phenoxy) is 3. The molecule has 2 aliphatic rings. The number of nitrogens with zero attached hydrogens (tertiary/aromatic N) is 5. The lowest BCUT2D eigenvalue weighted by atomic mass is 9.97. The average molecular weight is 573 g/mol. The van der Waals surface area contributed by atoms with Crippen LogP contribution in [0.25, 0.3) is 16.9 Å². The Morgan fingerprint density at radius 2 is 1.83 bits per heavy atom. The number of amides is 2. The monoisotopic (exact) mass is 572 g/mol. The molecule has 1 aliphatic heterocycles. The number of likely N-dealkylation sites (tertiary alicyclic amines) is 1. The number of nitrogens with one attached hydrogen (secondary N) is 1. The van der Waals surface area contributed by atoms with Gasteiger partial charge in [0.1, 0.15) is 23.4 Å². The Bertz CT molecular complexity index is 1490. The smallest absolute Gasteiger partial charge is 0.411 e. The van der Waals surface area contributed by atoms with Crippen molar-refractivity contribution in [3.8, 4) is 34.5 Å². The third kappa shape index (κ3) is 6.03. The first kappa shape index (κ1) is 28.9. The molecule has 1 saturated carbocycles. The van der Waals surface area contributed by atoms with Gasteiger partial charge >= 0.3 is 6.09 Å². The lowest BCUT2D eigenvalue weighted by Gasteiger charge is -2.35. The van der Waals surface area contributed by atoms with Gasteiger partial charge in [0.25, 0.3) is 0 Å². The third-order valence-corrected chi connectivity index (χ3v) is 7.74. The highest BCUT2D eigenvalue weighted by molar-refractivity contribution is 5.87. The molecule has 1 aliphatic carbocycles. The minimum Gasteiger partial charge on any atom is -0.493 e. The zero-order valence-electron chi connectivity index (χ0n) is 24.5. The van der Waals surface area contributed by atoms with Crippen LogP contribution in [0.3, 0.4) is 0 Å². The molecule has 5 rings (SSSR count). The summed E-state index contributed by atoms with van der Waals surface area (Å²) in [5.74, 6) is 1.01. The Balaban J connectivity index is 1.23. The van der Waals surface area contributed by atoms with Crippen LogP contribution >= 0.6 is 0 Å². The molecule has 0 radical (unpaired) electrons. The van der Waals surface area contributed by atoms with Crippen LogP contribution in [0.2, 0.25) is 0 Å². The SMILES string of the molecule is COc1ccc(-c2cn(-c3ccc(C[C@@H](C#N)NC(=O)[C@@H]4[C@H]5CC[C@H](C5)N4C(=O)OC(C)(C)C)cc3)nn2)cc1OC. The van der Waals surface area contributed by atoms with Gasteiger partial charge in [-0.15, -0.1) is 5.10 Å². The van der Waals surface area contributed by atoms with Gasteiger partial charge in [-0.3, -0.25) is 9.69 Å². The van der Waals surface area contributed by atoms with Crippen molar-refractivity contribution < 1.29 is 23.8 Å². The highest BCUT2D eigenvalue weighted by atomic mass is 16.6. The van der Waals surface area contributed by atoms with Crippen molar-refractivity contribution in [1.29, 1.82) is 5.26 Å². The van der Waals surface area contributed by atoms with Crippen molar-refractivity contribution in [3.05, 3.63) is 54.2 Å². The van der Waals surface area contributed by atoms with Gasteiger partial charge in [-0.2, -0.15) is 5.26 Å². The molecule has 2 aromatic carbocycles. The van der Waals surface area contributed by atoms with Gasteiger partial charge in [-0.1, -0.05) is 17.3 Å². The minimum absolute atomic E-state index is 0.00210. The number of methoxy groups -OCH3 is 2. The molecule has 1 aromatic heterocycles. The van der Waals surface area contributed by atoms with E-state index in [0.29, 0.717) is 23.6 Å². The van der Waals surface area contributed by atoms with Crippen molar-refractivity contribution in [1.82, 2.24) is 25.2 Å². The molecular weight excluding hydrogens is 536 g/mol. The number of rotatable bonds is 8. The van der Waals surface area contributed by atoms with E-state index in [1.54, 1.807) is 23.8 Å². The van der Waals surface area contributed by atoms with E-state index in [9.17, 15) is 14.9 Å². The Morgan fingerprint density at radius 3 is 2.50 bits per heavy atom. The molecule has 2 heterocycles. The second kappa shape index (κ2) is 11.7. The molecule has 0 spiro atoms. The van der Waals surface area contributed by atoms with Crippen LogP contribution in [0.4, 0.5) is 4.79 Å². The van der Waals surface area contributed by atoms with Crippen LogP contribution in [0.15, 0.2) is 48.7 Å². The Morgan fingerprint density at radius 1 is 1.10 bits per heavy atom. The van der Waals surface area contributed by atoms with Crippen molar-refractivity contribution in [2.24, 2.45) is 5.92 Å². The first-order valence-electron chi connectivity index (χ1n) is 14.1. The number of aromatic nitrogens is 3. The molecule has 1 N–H and O–H groups in total. The van der Waals surface area contributed by atoms with Gasteiger partial charge in [0, 0.05) is 18.0 Å². The van der Waals surface area contributed by atoms with E-state index in [4.69, 9.17) is 14.2 Å². The van der Waals surface area contributed by atoms with Gasteiger partial charge in [0.2, 0.25) is 5.91 Å². The maximum absolute atomic E-state index is 13.4. The Labute approximate surface area is 245 Å². The molecule has 11 heteroatoms. The van der Waals surface area contributed by atoms with Crippen LogP contribution in [0.1, 0.15) is 45.6 Å². The number of hydrogen-bond donors (Lipinski definition) is 1. The van der Waals surface area contributed by atoms with Crippen LogP contribution in [0.5, 0.6) is 11.5 Å². The van der Waals surface area contributed by atoms with E-state index in [1.807, 2.05) is 69.4 Å². The molecule has 4 atom stereocenters. The fraction of sp³-hybridized carbons (Fsp3) is 0.452. The standard InChI is InChI=1S/C31H36N6O5/c1-31(2,3)42-30(39)37-24-12-8-21(15-24)28(37)29(38)33-22(17-32)14-19-6-10-23(11-7-19)36-18-25(34-35-36)20-9-13-26(40-4)27(16-20)41-5/h6-7,9-11,13,16,18,21-22,24,28H,8,12,14-15H2,1-5H3,(H,33,38)/t21-,22-,24+,28-/m0/s1. The van der Waals surface area contributed by atoms with E-state index in [-0.39, 0.29) is 17.9 Å². The van der Waals surface area contributed by atoms with Crippen molar-refractivity contribution in [2.45, 2.75) is 70.2 Å². The van der Waals surface area contributed by atoms with E-state index >= 15 is 0 Å². The summed E-state index contributed by atoms with van der Waals surface area (Å²) in [6.45, 7) is 5.43. The lowest BCUT2D eigenvalue weighted by Crippen LogP contribution is -2.55. The first-order chi connectivity index (χ1) is 20.1. The summed E-state index contributed by atoms with van der Waals surface area (Å²) in [5.41, 5.74) is 2.53. The van der Waals surface area contributed by atoms with Crippen molar-refractivity contribution in [3.63, 3.8) is 0 Å². The topological polar surface area (TPSA) is 132 Å². The number of benzene rings is 2. The van der Waals surface area contributed by atoms with Crippen molar-refractivity contribution in [2.75, 3.05) is 14.2 Å². The van der Waals surface area contributed by atoms with Gasteiger partial charge in [0.05, 0.1) is 32.2 Å². The molecule has 220 valence electrons. The van der Waals surface area contributed by atoms with Crippen LogP contribution in [0, 0.1) is 17.2 Å². The fourth-order valence-electron chi connectivity index (χ4n) is 5.83. The quantitative estimate of drug-likeness (QED) is 0.423. The summed E-state index contributed by atoms with van der Waals surface area (Å²) in [7, 11) is 3.17.